The van der Waals surface area contributed by atoms with Gasteiger partial charge in [-0.2, -0.15) is 0 Å². The van der Waals surface area contributed by atoms with Gasteiger partial charge in [0.15, 0.2) is 5.78 Å². The normalized spacial score (nSPS) is 17.3. The molecular weight excluding hydrogens is 712 g/mol. The Balaban J connectivity index is 0.000000394. The van der Waals surface area contributed by atoms with E-state index < -0.39 is 24.1 Å². The van der Waals surface area contributed by atoms with Gasteiger partial charge in [0.05, 0.1) is 21.9 Å². The Kier molecular flexibility index (Phi) is 8.42. The molecule has 4 nitrogen and oxygen atoms in total. The summed E-state index contributed by atoms with van der Waals surface area (Å²) in [5, 5.41) is 19.4. The molecule has 1 atom stereocenters. The van der Waals surface area contributed by atoms with Crippen LogP contribution in [0.25, 0.3) is 11.3 Å². The third kappa shape index (κ3) is 5.19. The van der Waals surface area contributed by atoms with Gasteiger partial charge in [-0.3, -0.25) is 9.78 Å². The third-order valence-electron chi connectivity index (χ3n) is 7.45. The zero-order chi connectivity index (χ0) is 27.2. The number of hydrogen-bond acceptors (Lipinski definition) is 4. The zero-order valence-corrected chi connectivity index (χ0v) is 28.3. The van der Waals surface area contributed by atoms with E-state index in [2.05, 4.69) is 96.8 Å². The van der Waals surface area contributed by atoms with Gasteiger partial charge in [-0.25, -0.2) is 0 Å². The molecule has 0 aliphatic carbocycles. The van der Waals surface area contributed by atoms with Crippen LogP contribution < -0.4 is 36.7 Å². The molecule has 6 rings (SSSR count). The van der Waals surface area contributed by atoms with Crippen LogP contribution in [0.4, 0.5) is 0 Å². The number of carbonyl (C=O) groups excluding carboxylic acids is 1. The molecule has 8 heteroatoms. The van der Waals surface area contributed by atoms with Crippen molar-refractivity contribution >= 4 is 66.5 Å². The van der Waals surface area contributed by atoms with Crippen LogP contribution >= 0.6 is 7.92 Å². The van der Waals surface area contributed by atoms with E-state index in [1.807, 2.05) is 6.20 Å². The fourth-order valence-electron chi connectivity index (χ4n) is 5.65. The van der Waals surface area contributed by atoms with Crippen molar-refractivity contribution < 1.29 is 30.0 Å². The first-order chi connectivity index (χ1) is 18.0. The summed E-state index contributed by atoms with van der Waals surface area (Å²) in [6.07, 6.45) is 6.58. The van der Waals surface area contributed by atoms with Crippen LogP contribution in [0, 0.1) is 6.07 Å². The Bertz CT molecular complexity index is 1500. The second kappa shape index (κ2) is 11.1. The number of nitrogens with zero attached hydrogens (tertiary/aromatic N) is 2. The molecule has 1 unspecified atom stereocenters. The Hall–Kier alpha value is -2.54. The van der Waals surface area contributed by atoms with Gasteiger partial charge in [0.2, 0.25) is 0 Å². The molecule has 0 saturated carbocycles. The van der Waals surface area contributed by atoms with Gasteiger partial charge >= 0.3 is 0 Å². The number of aliphatic hydroxyl groups is 1. The maximum Gasteiger partial charge on any atom is 0.155 e. The van der Waals surface area contributed by atoms with E-state index in [1.54, 1.807) is 43.9 Å². The summed E-state index contributed by atoms with van der Waals surface area (Å²) in [6.45, 7) is 12.9. The van der Waals surface area contributed by atoms with Crippen LogP contribution in [-0.2, 0) is 24.9 Å². The van der Waals surface area contributed by atoms with Crippen LogP contribution in [0.5, 0.6) is 0 Å². The first kappa shape index (κ1) is 29.4. The van der Waals surface area contributed by atoms with E-state index in [0.29, 0.717) is 0 Å². The van der Waals surface area contributed by atoms with E-state index >= 15 is 0 Å². The zero-order valence-electron chi connectivity index (χ0n) is 23.0. The van der Waals surface area contributed by atoms with Crippen molar-refractivity contribution in [1.29, 1.82) is 0 Å². The van der Waals surface area contributed by atoms with E-state index in [1.165, 1.54) is 25.1 Å². The molecule has 4 aromatic rings. The van der Waals surface area contributed by atoms with E-state index in [4.69, 9.17) is 5.11 Å². The molecule has 0 bridgehead atoms. The predicted octanol–water partition coefficient (Wildman–Crippen LogP) is 3.01. The minimum absolute atomic E-state index is 0. The molecule has 3 heterocycles. The van der Waals surface area contributed by atoms with E-state index in [-0.39, 0.29) is 31.6 Å². The first-order valence-electron chi connectivity index (χ1n) is 12.8. The van der Waals surface area contributed by atoms with Crippen molar-refractivity contribution in [3.8, 4) is 11.3 Å². The fourth-order valence-corrected chi connectivity index (χ4v) is 18.3. The van der Waals surface area contributed by atoms with Gasteiger partial charge in [-0.15, -0.1) is 28.1 Å². The molecule has 0 fully saturated rings. The monoisotopic (exact) mass is 744 g/mol. The van der Waals surface area contributed by atoms with E-state index in [0.717, 1.165) is 11.3 Å². The van der Waals surface area contributed by atoms with Crippen molar-refractivity contribution in [2.24, 2.45) is 0 Å². The largest absolute Gasteiger partial charge is 0.512 e. The number of fused-ring (bicyclic) bond motifs is 4. The molecular formula is C31H32IrN2O2PSi2-. The Labute approximate surface area is 247 Å². The van der Waals surface area contributed by atoms with Crippen molar-refractivity contribution in [3.05, 3.63) is 91.1 Å². The Morgan fingerprint density at radius 1 is 0.897 bits per heavy atom. The number of ketones is 1. The number of hydrogen-bond donors (Lipinski definition) is 1. The summed E-state index contributed by atoms with van der Waals surface area (Å²) >= 11 is 0. The van der Waals surface area contributed by atoms with Crippen LogP contribution in [0.3, 0.4) is 0 Å². The molecule has 1 radical (unpaired) electrons. The standard InChI is InChI=1S/C26H24N2PSi2.C5H8O2.Ir/c1-30(2)22-11-7-5-9-20(22)29-21-10-6-8-12-23(21)31(3,4)25-16-18(15-24(30)26(25)29)19-17-27-13-14-28-19;1-4(6)3-5(2)7;/h5-15,17H,1-4H3;3,6H,1-2H3;/q-1;;/b;4-3-;. The molecule has 0 amide bonds. The summed E-state index contributed by atoms with van der Waals surface area (Å²) in [5.74, 6) is -0.0625. The van der Waals surface area contributed by atoms with Crippen LogP contribution in [0.1, 0.15) is 13.8 Å². The van der Waals surface area contributed by atoms with Crippen molar-refractivity contribution in [2.45, 2.75) is 40.0 Å². The van der Waals surface area contributed by atoms with Crippen molar-refractivity contribution in [1.82, 2.24) is 9.97 Å². The molecule has 0 saturated heterocycles. The minimum Gasteiger partial charge on any atom is -0.512 e. The molecule has 1 N–H and O–H groups in total. The molecule has 2 aliphatic rings. The van der Waals surface area contributed by atoms with Crippen molar-refractivity contribution in [3.63, 3.8) is 0 Å². The summed E-state index contributed by atoms with van der Waals surface area (Å²) < 4.78 is 0. The Morgan fingerprint density at radius 2 is 1.49 bits per heavy atom. The second-order valence-electron chi connectivity index (χ2n) is 10.9. The number of rotatable bonds is 2. The summed E-state index contributed by atoms with van der Waals surface area (Å²) in [4.78, 5) is 19.0. The second-order valence-corrected chi connectivity index (χ2v) is 21.6. The first-order valence-corrected chi connectivity index (χ1v) is 20.1. The van der Waals surface area contributed by atoms with E-state index in [9.17, 15) is 4.79 Å². The molecule has 201 valence electrons. The van der Waals surface area contributed by atoms with Gasteiger partial charge < -0.3 is 10.1 Å². The van der Waals surface area contributed by atoms with Crippen LogP contribution in [-0.4, -0.2) is 37.0 Å². The van der Waals surface area contributed by atoms with Crippen LogP contribution in [0.15, 0.2) is 85.0 Å². The number of aliphatic hydroxyl groups excluding tert-OH is 1. The number of carbonyl (C=O) groups is 1. The molecule has 3 aromatic carbocycles. The predicted molar refractivity (Wildman–Crippen MR) is 166 cm³/mol. The third-order valence-corrected chi connectivity index (χ3v) is 17.9. The van der Waals surface area contributed by atoms with Gasteiger partial charge in [-0.05, 0) is 34.8 Å². The molecule has 0 spiro atoms. The SMILES string of the molecule is CC(=O)/C=C(/C)O.C[Si]1(C)c2[c-]c(-c3cnccn3)cc3c2P(c2ccccc21)c1ccccc1[Si]3(C)C.[Ir]. The smallest absolute Gasteiger partial charge is 0.155 e. The summed E-state index contributed by atoms with van der Waals surface area (Å²) in [5.41, 5.74) is 2.04. The maximum absolute atomic E-state index is 10.0. The van der Waals surface area contributed by atoms with Crippen molar-refractivity contribution in [2.75, 3.05) is 0 Å². The molecule has 1 aromatic heterocycles. The van der Waals surface area contributed by atoms with Gasteiger partial charge in [0.25, 0.3) is 0 Å². The van der Waals surface area contributed by atoms with Crippen LogP contribution in [0.2, 0.25) is 26.2 Å². The number of allylic oxidation sites excluding steroid dienone is 2. The molecule has 2 aliphatic heterocycles. The minimum atomic E-state index is -1.90. The quantitative estimate of drug-likeness (QED) is 0.113. The summed E-state index contributed by atoms with van der Waals surface area (Å²) in [7, 11) is -4.31. The molecule has 39 heavy (non-hydrogen) atoms. The van der Waals surface area contributed by atoms with Gasteiger partial charge in [-0.1, -0.05) is 87.9 Å². The maximum atomic E-state index is 10.0. The fraction of sp³-hybridized carbons (Fsp3) is 0.194. The Morgan fingerprint density at radius 3 is 2.00 bits per heavy atom. The average Bonchev–Trinajstić information content (AvgIpc) is 2.88. The summed E-state index contributed by atoms with van der Waals surface area (Å²) in [6, 6.07) is 24.8. The van der Waals surface area contributed by atoms with Gasteiger partial charge in [0.1, 0.15) is 0 Å². The average molecular weight is 744 g/mol. The number of benzene rings is 3. The number of aromatic nitrogens is 2. The van der Waals surface area contributed by atoms with Gasteiger partial charge in [0, 0.05) is 50.5 Å². The topological polar surface area (TPSA) is 63.1 Å².